The van der Waals surface area contributed by atoms with Crippen molar-refractivity contribution in [1.82, 2.24) is 5.32 Å². The highest BCUT2D eigenvalue weighted by Crippen LogP contribution is 2.36. The smallest absolute Gasteiger partial charge is 0.129 e. The van der Waals surface area contributed by atoms with Gasteiger partial charge in [0.25, 0.3) is 0 Å². The lowest BCUT2D eigenvalue weighted by molar-refractivity contribution is 0.0871. The van der Waals surface area contributed by atoms with Gasteiger partial charge >= 0.3 is 0 Å². The summed E-state index contributed by atoms with van der Waals surface area (Å²) in [5.41, 5.74) is 0.357. The van der Waals surface area contributed by atoms with Crippen molar-refractivity contribution in [3.8, 4) is 0 Å². The Bertz CT molecular complexity index is 434. The van der Waals surface area contributed by atoms with Crippen molar-refractivity contribution < 1.29 is 13.5 Å². The van der Waals surface area contributed by atoms with Gasteiger partial charge in [0.05, 0.1) is 6.10 Å². The van der Waals surface area contributed by atoms with Crippen LogP contribution in [0.3, 0.4) is 0 Å². The molecule has 0 radical (unpaired) electrons. The summed E-state index contributed by atoms with van der Waals surface area (Å²) in [5, 5.41) is 3.44. The van der Waals surface area contributed by atoms with Crippen molar-refractivity contribution in [1.29, 1.82) is 0 Å². The van der Waals surface area contributed by atoms with Gasteiger partial charge in [-0.25, -0.2) is 8.78 Å². The number of hydrogen-bond donors (Lipinski definition) is 1. The normalized spacial score (nSPS) is 27.7. The molecule has 1 heterocycles. The maximum absolute atomic E-state index is 13.7. The molecule has 1 saturated heterocycles. The largest absolute Gasteiger partial charge is 0.373 e. The Balaban J connectivity index is 1.73. The molecule has 1 saturated carbocycles. The monoisotopic (exact) mass is 253 g/mol. The van der Waals surface area contributed by atoms with E-state index in [9.17, 15) is 8.78 Å². The van der Waals surface area contributed by atoms with E-state index >= 15 is 0 Å². The van der Waals surface area contributed by atoms with E-state index in [4.69, 9.17) is 4.74 Å². The van der Waals surface area contributed by atoms with E-state index < -0.39 is 5.82 Å². The number of halogens is 2. The third-order valence-electron chi connectivity index (χ3n) is 3.72. The molecule has 4 heteroatoms. The first kappa shape index (κ1) is 12.1. The lowest BCUT2D eigenvalue weighted by atomic mass is 9.95. The number of benzene rings is 1. The molecule has 2 aliphatic rings. The molecule has 1 aromatic carbocycles. The second-order valence-corrected chi connectivity index (χ2v) is 5.19. The molecule has 2 nitrogen and oxygen atoms in total. The molecule has 1 N–H and O–H groups in total. The molecule has 1 aliphatic carbocycles. The van der Waals surface area contributed by atoms with E-state index in [2.05, 4.69) is 5.32 Å². The van der Waals surface area contributed by atoms with Gasteiger partial charge < -0.3 is 10.1 Å². The standard InChI is InChI=1S/C14H17F2NO/c15-10-1-4-13(16)12(7-10)14-9(5-6-18-14)8-17-11-2-3-11/h1,4,7,9,11,14,17H,2-3,5-6,8H2. The van der Waals surface area contributed by atoms with Crippen molar-refractivity contribution >= 4 is 0 Å². The van der Waals surface area contributed by atoms with Gasteiger partial charge in [0.2, 0.25) is 0 Å². The Morgan fingerprint density at radius 2 is 2.06 bits per heavy atom. The van der Waals surface area contributed by atoms with Gasteiger partial charge in [-0.3, -0.25) is 0 Å². The highest BCUT2D eigenvalue weighted by atomic mass is 19.1. The molecule has 2 atom stereocenters. The van der Waals surface area contributed by atoms with Crippen LogP contribution in [0.4, 0.5) is 8.78 Å². The SMILES string of the molecule is Fc1ccc(F)c(C2OCCC2CNC2CC2)c1. The van der Waals surface area contributed by atoms with Gasteiger partial charge in [0, 0.05) is 30.7 Å². The van der Waals surface area contributed by atoms with Gasteiger partial charge in [-0.1, -0.05) is 0 Å². The van der Waals surface area contributed by atoms with Crippen LogP contribution < -0.4 is 5.32 Å². The first-order valence-electron chi connectivity index (χ1n) is 6.54. The quantitative estimate of drug-likeness (QED) is 0.891. The minimum atomic E-state index is -0.407. The first-order valence-corrected chi connectivity index (χ1v) is 6.54. The van der Waals surface area contributed by atoms with Crippen LogP contribution in [0, 0.1) is 17.6 Å². The Hall–Kier alpha value is -1.00. The van der Waals surface area contributed by atoms with Gasteiger partial charge in [-0.05, 0) is 37.5 Å². The molecule has 0 spiro atoms. The molecular weight excluding hydrogens is 236 g/mol. The zero-order valence-corrected chi connectivity index (χ0v) is 10.2. The van der Waals surface area contributed by atoms with E-state index in [1.54, 1.807) is 0 Å². The fourth-order valence-electron chi connectivity index (χ4n) is 2.52. The highest BCUT2D eigenvalue weighted by molar-refractivity contribution is 5.22. The molecule has 0 amide bonds. The molecule has 1 aliphatic heterocycles. The van der Waals surface area contributed by atoms with E-state index in [-0.39, 0.29) is 17.8 Å². The topological polar surface area (TPSA) is 21.3 Å². The summed E-state index contributed by atoms with van der Waals surface area (Å²) < 4.78 is 32.5. The van der Waals surface area contributed by atoms with Crippen LogP contribution in [-0.2, 0) is 4.74 Å². The van der Waals surface area contributed by atoms with Crippen LogP contribution in [0.2, 0.25) is 0 Å². The third-order valence-corrected chi connectivity index (χ3v) is 3.72. The zero-order chi connectivity index (χ0) is 12.5. The third kappa shape index (κ3) is 2.54. The van der Waals surface area contributed by atoms with Crippen molar-refractivity contribution in [2.45, 2.75) is 31.4 Å². The van der Waals surface area contributed by atoms with Crippen molar-refractivity contribution in [3.05, 3.63) is 35.4 Å². The zero-order valence-electron chi connectivity index (χ0n) is 10.2. The lowest BCUT2D eigenvalue weighted by Crippen LogP contribution is -2.26. The van der Waals surface area contributed by atoms with Crippen LogP contribution >= 0.6 is 0 Å². The molecule has 0 bridgehead atoms. The fourth-order valence-corrected chi connectivity index (χ4v) is 2.52. The number of nitrogens with one attached hydrogen (secondary N) is 1. The van der Waals surface area contributed by atoms with Crippen molar-refractivity contribution in [2.24, 2.45) is 5.92 Å². The highest BCUT2D eigenvalue weighted by Gasteiger charge is 2.33. The summed E-state index contributed by atoms with van der Waals surface area (Å²) in [5.74, 6) is -0.544. The average Bonchev–Trinajstić information content (AvgIpc) is 3.08. The summed E-state index contributed by atoms with van der Waals surface area (Å²) in [6.07, 6.45) is 3.05. The van der Waals surface area contributed by atoms with Crippen molar-refractivity contribution in [3.63, 3.8) is 0 Å². The second kappa shape index (κ2) is 4.94. The molecular formula is C14H17F2NO. The summed E-state index contributed by atoms with van der Waals surface area (Å²) >= 11 is 0. The predicted octanol–water partition coefficient (Wildman–Crippen LogP) is 2.79. The lowest BCUT2D eigenvalue weighted by Gasteiger charge is -2.20. The van der Waals surface area contributed by atoms with Gasteiger partial charge in [-0.15, -0.1) is 0 Å². The summed E-state index contributed by atoms with van der Waals surface area (Å²) in [7, 11) is 0. The summed E-state index contributed by atoms with van der Waals surface area (Å²) in [4.78, 5) is 0. The predicted molar refractivity (Wildman–Crippen MR) is 64.2 cm³/mol. The van der Waals surface area contributed by atoms with Gasteiger partial charge in [0.1, 0.15) is 11.6 Å². The molecule has 2 fully saturated rings. The minimum Gasteiger partial charge on any atom is -0.373 e. The fraction of sp³-hybridized carbons (Fsp3) is 0.571. The van der Waals surface area contributed by atoms with E-state index in [0.29, 0.717) is 18.2 Å². The maximum Gasteiger partial charge on any atom is 0.129 e. The van der Waals surface area contributed by atoms with Gasteiger partial charge in [-0.2, -0.15) is 0 Å². The van der Waals surface area contributed by atoms with E-state index in [1.807, 2.05) is 0 Å². The molecule has 2 unspecified atom stereocenters. The summed E-state index contributed by atoms with van der Waals surface area (Å²) in [6.45, 7) is 1.45. The van der Waals surface area contributed by atoms with Crippen molar-refractivity contribution in [2.75, 3.05) is 13.2 Å². The Kier molecular flexibility index (Phi) is 3.31. The number of hydrogen-bond acceptors (Lipinski definition) is 2. The molecule has 1 aromatic rings. The minimum absolute atomic E-state index is 0.238. The molecule has 3 rings (SSSR count). The van der Waals surface area contributed by atoms with Crippen LogP contribution in [0.5, 0.6) is 0 Å². The maximum atomic E-state index is 13.7. The summed E-state index contributed by atoms with van der Waals surface area (Å²) in [6, 6.07) is 4.21. The van der Waals surface area contributed by atoms with Crippen LogP contribution in [0.25, 0.3) is 0 Å². The van der Waals surface area contributed by atoms with E-state index in [0.717, 1.165) is 19.0 Å². The van der Waals surface area contributed by atoms with Crippen LogP contribution in [0.1, 0.15) is 30.9 Å². The second-order valence-electron chi connectivity index (χ2n) is 5.19. The molecule has 18 heavy (non-hydrogen) atoms. The Morgan fingerprint density at radius 3 is 2.83 bits per heavy atom. The average molecular weight is 253 g/mol. The number of rotatable bonds is 4. The molecule has 0 aromatic heterocycles. The number of ether oxygens (including phenoxy) is 1. The first-order chi connectivity index (χ1) is 8.74. The van der Waals surface area contributed by atoms with E-state index in [1.165, 1.54) is 25.0 Å². The van der Waals surface area contributed by atoms with Crippen LogP contribution in [0.15, 0.2) is 18.2 Å². The van der Waals surface area contributed by atoms with Gasteiger partial charge in [0.15, 0.2) is 0 Å². The Morgan fingerprint density at radius 1 is 1.22 bits per heavy atom. The molecule has 98 valence electrons. The van der Waals surface area contributed by atoms with Crippen LogP contribution in [-0.4, -0.2) is 19.2 Å². The Labute approximate surface area is 105 Å².